The molecule has 0 aromatic heterocycles. The van der Waals surface area contributed by atoms with Gasteiger partial charge in [-0.25, -0.2) is 0 Å². The van der Waals surface area contributed by atoms with E-state index in [0.29, 0.717) is 30.0 Å². The predicted octanol–water partition coefficient (Wildman–Crippen LogP) is 1.03. The molecule has 0 fully saturated rings. The second kappa shape index (κ2) is 7.59. The standard InChI is InChI=1S/C14H22N2O4/c1-9(4-5-17)8-16-14(18)11-6-10(19-2)7-12(20-3)13(11)15/h6-7,9,17H,4-5,8,15H2,1-3H3,(H,16,18). The highest BCUT2D eigenvalue weighted by Gasteiger charge is 2.16. The van der Waals surface area contributed by atoms with Crippen molar-refractivity contribution in [2.24, 2.45) is 5.92 Å². The fourth-order valence-corrected chi connectivity index (χ4v) is 1.76. The van der Waals surface area contributed by atoms with E-state index in [4.69, 9.17) is 20.3 Å². The van der Waals surface area contributed by atoms with Crippen LogP contribution in [0.3, 0.4) is 0 Å². The number of hydrogen-bond acceptors (Lipinski definition) is 5. The third kappa shape index (κ3) is 4.03. The number of anilines is 1. The lowest BCUT2D eigenvalue weighted by Gasteiger charge is -2.14. The van der Waals surface area contributed by atoms with Crippen molar-refractivity contribution in [1.29, 1.82) is 0 Å². The number of nitrogens with two attached hydrogens (primary N) is 1. The van der Waals surface area contributed by atoms with Crippen molar-refractivity contribution in [3.8, 4) is 11.5 Å². The summed E-state index contributed by atoms with van der Waals surface area (Å²) in [6, 6.07) is 3.20. The third-order valence-corrected chi connectivity index (χ3v) is 3.05. The number of amides is 1. The zero-order chi connectivity index (χ0) is 15.1. The first-order valence-electron chi connectivity index (χ1n) is 6.44. The molecule has 0 bridgehead atoms. The molecule has 6 heteroatoms. The average Bonchev–Trinajstić information content (AvgIpc) is 2.45. The first-order valence-corrected chi connectivity index (χ1v) is 6.44. The monoisotopic (exact) mass is 282 g/mol. The molecule has 1 aromatic rings. The van der Waals surface area contributed by atoms with Gasteiger partial charge in [0, 0.05) is 19.2 Å². The first kappa shape index (κ1) is 16.1. The molecule has 0 saturated carbocycles. The fraction of sp³-hybridized carbons (Fsp3) is 0.500. The van der Waals surface area contributed by atoms with Crippen LogP contribution < -0.4 is 20.5 Å². The molecule has 0 aliphatic carbocycles. The molecule has 1 atom stereocenters. The van der Waals surface area contributed by atoms with E-state index in [1.54, 1.807) is 12.1 Å². The van der Waals surface area contributed by atoms with Crippen LogP contribution in [0.15, 0.2) is 12.1 Å². The van der Waals surface area contributed by atoms with Crippen molar-refractivity contribution in [3.05, 3.63) is 17.7 Å². The average molecular weight is 282 g/mol. The maximum atomic E-state index is 12.1. The van der Waals surface area contributed by atoms with Gasteiger partial charge >= 0.3 is 0 Å². The van der Waals surface area contributed by atoms with Crippen LogP contribution in [-0.4, -0.2) is 38.4 Å². The van der Waals surface area contributed by atoms with E-state index in [1.807, 2.05) is 6.92 Å². The van der Waals surface area contributed by atoms with Gasteiger partial charge in [-0.3, -0.25) is 4.79 Å². The van der Waals surface area contributed by atoms with E-state index in [1.165, 1.54) is 14.2 Å². The van der Waals surface area contributed by atoms with Gasteiger partial charge in [-0.1, -0.05) is 6.92 Å². The molecule has 6 nitrogen and oxygen atoms in total. The minimum absolute atomic E-state index is 0.103. The number of rotatable bonds is 7. The molecule has 0 radical (unpaired) electrons. The van der Waals surface area contributed by atoms with E-state index >= 15 is 0 Å². The minimum atomic E-state index is -0.288. The molecule has 1 unspecified atom stereocenters. The number of methoxy groups -OCH3 is 2. The Labute approximate surface area is 118 Å². The van der Waals surface area contributed by atoms with Crippen LogP contribution in [-0.2, 0) is 0 Å². The number of benzene rings is 1. The van der Waals surface area contributed by atoms with E-state index in [-0.39, 0.29) is 24.1 Å². The zero-order valence-electron chi connectivity index (χ0n) is 12.1. The largest absolute Gasteiger partial charge is 0.497 e. The van der Waals surface area contributed by atoms with Gasteiger partial charge < -0.3 is 25.6 Å². The molecule has 0 spiro atoms. The van der Waals surface area contributed by atoms with Crippen molar-refractivity contribution in [3.63, 3.8) is 0 Å². The summed E-state index contributed by atoms with van der Waals surface area (Å²) in [5.41, 5.74) is 6.50. The summed E-state index contributed by atoms with van der Waals surface area (Å²) in [4.78, 5) is 12.1. The second-order valence-corrected chi connectivity index (χ2v) is 4.62. The van der Waals surface area contributed by atoms with Gasteiger partial charge in [0.1, 0.15) is 11.5 Å². The van der Waals surface area contributed by atoms with E-state index < -0.39 is 0 Å². The summed E-state index contributed by atoms with van der Waals surface area (Å²) < 4.78 is 10.2. The van der Waals surface area contributed by atoms with E-state index in [2.05, 4.69) is 5.32 Å². The Kier molecular flexibility index (Phi) is 6.11. The minimum Gasteiger partial charge on any atom is -0.497 e. The Morgan fingerprint density at radius 3 is 2.65 bits per heavy atom. The number of carbonyl (C=O) groups is 1. The maximum absolute atomic E-state index is 12.1. The second-order valence-electron chi connectivity index (χ2n) is 4.62. The SMILES string of the molecule is COc1cc(OC)c(N)c(C(=O)NCC(C)CCO)c1. The number of aliphatic hydroxyl groups is 1. The van der Waals surface area contributed by atoms with Crippen LogP contribution in [0.5, 0.6) is 11.5 Å². The molecule has 4 N–H and O–H groups in total. The fourth-order valence-electron chi connectivity index (χ4n) is 1.76. The van der Waals surface area contributed by atoms with Crippen molar-refractivity contribution >= 4 is 11.6 Å². The number of carbonyl (C=O) groups excluding carboxylic acids is 1. The van der Waals surface area contributed by atoms with Gasteiger partial charge in [0.05, 0.1) is 25.5 Å². The summed E-state index contributed by atoms with van der Waals surface area (Å²) in [5.74, 6) is 0.810. The van der Waals surface area contributed by atoms with Gasteiger partial charge in [-0.2, -0.15) is 0 Å². The van der Waals surface area contributed by atoms with Crippen molar-refractivity contribution in [1.82, 2.24) is 5.32 Å². The van der Waals surface area contributed by atoms with Gasteiger partial charge in [0.2, 0.25) is 0 Å². The van der Waals surface area contributed by atoms with Crippen LogP contribution in [0.2, 0.25) is 0 Å². The Morgan fingerprint density at radius 1 is 1.40 bits per heavy atom. The highest BCUT2D eigenvalue weighted by Crippen LogP contribution is 2.30. The number of nitrogens with one attached hydrogen (secondary N) is 1. The Morgan fingerprint density at radius 2 is 2.10 bits per heavy atom. The number of nitrogen functional groups attached to an aromatic ring is 1. The highest BCUT2D eigenvalue weighted by atomic mass is 16.5. The van der Waals surface area contributed by atoms with Crippen LogP contribution in [0.1, 0.15) is 23.7 Å². The molecule has 112 valence electrons. The number of ether oxygens (including phenoxy) is 2. The van der Waals surface area contributed by atoms with Crippen LogP contribution >= 0.6 is 0 Å². The normalized spacial score (nSPS) is 11.8. The lowest BCUT2D eigenvalue weighted by Crippen LogP contribution is -2.29. The van der Waals surface area contributed by atoms with Gasteiger partial charge in [0.25, 0.3) is 5.91 Å². The molecule has 1 amide bonds. The molecular weight excluding hydrogens is 260 g/mol. The molecule has 1 rings (SSSR count). The topological polar surface area (TPSA) is 93.8 Å². The van der Waals surface area contributed by atoms with Crippen LogP contribution in [0, 0.1) is 5.92 Å². The summed E-state index contributed by atoms with van der Waals surface area (Å²) >= 11 is 0. The van der Waals surface area contributed by atoms with Gasteiger partial charge in [-0.05, 0) is 18.4 Å². The summed E-state index contributed by atoms with van der Waals surface area (Å²) in [5, 5.41) is 11.6. The van der Waals surface area contributed by atoms with E-state index in [0.717, 1.165) is 0 Å². The maximum Gasteiger partial charge on any atom is 0.253 e. The highest BCUT2D eigenvalue weighted by molar-refractivity contribution is 6.00. The number of aliphatic hydroxyl groups excluding tert-OH is 1. The molecule has 1 aromatic carbocycles. The third-order valence-electron chi connectivity index (χ3n) is 3.05. The quantitative estimate of drug-likeness (QED) is 0.650. The molecule has 20 heavy (non-hydrogen) atoms. The Hall–Kier alpha value is -1.95. The van der Waals surface area contributed by atoms with Crippen molar-refractivity contribution in [2.45, 2.75) is 13.3 Å². The molecule has 0 aliphatic rings. The van der Waals surface area contributed by atoms with Crippen molar-refractivity contribution < 1.29 is 19.4 Å². The van der Waals surface area contributed by atoms with E-state index in [9.17, 15) is 4.79 Å². The molecule has 0 saturated heterocycles. The van der Waals surface area contributed by atoms with Gasteiger partial charge in [0.15, 0.2) is 0 Å². The lowest BCUT2D eigenvalue weighted by molar-refractivity contribution is 0.0945. The van der Waals surface area contributed by atoms with Gasteiger partial charge in [-0.15, -0.1) is 0 Å². The Bertz CT molecular complexity index is 463. The lowest BCUT2D eigenvalue weighted by atomic mass is 10.1. The van der Waals surface area contributed by atoms with Crippen LogP contribution in [0.25, 0.3) is 0 Å². The molecule has 0 aliphatic heterocycles. The first-order chi connectivity index (χ1) is 9.53. The van der Waals surface area contributed by atoms with Crippen molar-refractivity contribution in [2.75, 3.05) is 33.1 Å². The number of hydrogen-bond donors (Lipinski definition) is 3. The molecule has 0 heterocycles. The zero-order valence-corrected chi connectivity index (χ0v) is 12.1. The smallest absolute Gasteiger partial charge is 0.253 e. The molecular formula is C14H22N2O4. The predicted molar refractivity (Wildman–Crippen MR) is 77.2 cm³/mol. The summed E-state index contributed by atoms with van der Waals surface area (Å²) in [6.45, 7) is 2.52. The summed E-state index contributed by atoms with van der Waals surface area (Å²) in [6.07, 6.45) is 0.636. The summed E-state index contributed by atoms with van der Waals surface area (Å²) in [7, 11) is 2.99. The Balaban J connectivity index is 2.86. The van der Waals surface area contributed by atoms with Crippen LogP contribution in [0.4, 0.5) is 5.69 Å².